The second-order valence-corrected chi connectivity index (χ2v) is 5.94. The summed E-state index contributed by atoms with van der Waals surface area (Å²) in [6, 6.07) is 4.70. The fourth-order valence-electron chi connectivity index (χ4n) is 2.73. The summed E-state index contributed by atoms with van der Waals surface area (Å²) in [5.74, 6) is 1.23. The van der Waals surface area contributed by atoms with Gasteiger partial charge in [0, 0.05) is 31.3 Å². The fourth-order valence-corrected chi connectivity index (χ4v) is 2.73. The molecule has 8 nitrogen and oxygen atoms in total. The number of ether oxygens (including phenoxy) is 2. The summed E-state index contributed by atoms with van der Waals surface area (Å²) < 4.78 is 11.0. The third-order valence-electron chi connectivity index (χ3n) is 3.86. The van der Waals surface area contributed by atoms with Gasteiger partial charge in [0.2, 0.25) is 5.91 Å². The van der Waals surface area contributed by atoms with Crippen LogP contribution in [0.4, 0.5) is 10.5 Å². The molecule has 0 aromatic heterocycles. The van der Waals surface area contributed by atoms with Gasteiger partial charge in [-0.15, -0.1) is 0 Å². The number of rotatable bonds is 4. The lowest BCUT2D eigenvalue weighted by Gasteiger charge is -2.22. The lowest BCUT2D eigenvalue weighted by molar-refractivity contribution is -0.117. The largest absolute Gasteiger partial charge is 0.486 e. The number of hydrogen-bond acceptors (Lipinski definition) is 5. The molecular formula is C16H21N3O5. The van der Waals surface area contributed by atoms with Crippen molar-refractivity contribution in [2.75, 3.05) is 31.2 Å². The molecule has 1 fully saturated rings. The zero-order valence-electron chi connectivity index (χ0n) is 13.4. The highest BCUT2D eigenvalue weighted by Crippen LogP contribution is 2.35. The number of fused-ring (bicyclic) bond motifs is 1. The summed E-state index contributed by atoms with van der Waals surface area (Å²) in [4.78, 5) is 25.6. The molecule has 3 amide bonds. The zero-order valence-corrected chi connectivity index (χ0v) is 13.4. The van der Waals surface area contributed by atoms with E-state index in [9.17, 15) is 9.59 Å². The number of amides is 3. The predicted molar refractivity (Wildman–Crippen MR) is 86.4 cm³/mol. The third kappa shape index (κ3) is 3.70. The lowest BCUT2D eigenvalue weighted by atomic mass is 10.2. The molecule has 0 saturated carbocycles. The van der Waals surface area contributed by atoms with Crippen molar-refractivity contribution in [3.63, 3.8) is 0 Å². The summed E-state index contributed by atoms with van der Waals surface area (Å²) in [5, 5.41) is 14.5. The molecule has 2 unspecified atom stereocenters. The molecule has 2 atom stereocenters. The summed E-state index contributed by atoms with van der Waals surface area (Å²) in [6.45, 7) is 3.14. The van der Waals surface area contributed by atoms with E-state index in [2.05, 4.69) is 10.6 Å². The summed E-state index contributed by atoms with van der Waals surface area (Å²) in [6.07, 6.45) is -0.383. The Balaban J connectivity index is 1.61. The quantitative estimate of drug-likeness (QED) is 0.732. The Morgan fingerprint density at radius 2 is 2.12 bits per heavy atom. The molecule has 0 aliphatic carbocycles. The first-order valence-electron chi connectivity index (χ1n) is 7.95. The first-order valence-corrected chi connectivity index (χ1v) is 7.95. The Morgan fingerprint density at radius 1 is 1.38 bits per heavy atom. The minimum Gasteiger partial charge on any atom is -0.486 e. The van der Waals surface area contributed by atoms with Crippen LogP contribution in [-0.2, 0) is 4.79 Å². The molecule has 3 N–H and O–H groups in total. The third-order valence-corrected chi connectivity index (χ3v) is 3.86. The van der Waals surface area contributed by atoms with Crippen LogP contribution in [0.5, 0.6) is 11.5 Å². The van der Waals surface area contributed by atoms with Crippen LogP contribution in [0.3, 0.4) is 0 Å². The van der Waals surface area contributed by atoms with E-state index in [1.165, 1.54) is 0 Å². The normalized spacial score (nSPS) is 20.7. The average molecular weight is 335 g/mol. The highest BCUT2D eigenvalue weighted by molar-refractivity contribution is 5.97. The van der Waals surface area contributed by atoms with E-state index in [4.69, 9.17) is 14.6 Å². The van der Waals surface area contributed by atoms with Crippen LogP contribution in [0, 0.1) is 0 Å². The van der Waals surface area contributed by atoms with Gasteiger partial charge in [0.25, 0.3) is 0 Å². The van der Waals surface area contributed by atoms with Gasteiger partial charge in [0.05, 0.1) is 12.1 Å². The van der Waals surface area contributed by atoms with Crippen molar-refractivity contribution in [2.24, 2.45) is 0 Å². The number of hydrogen-bond donors (Lipinski definition) is 3. The Labute approximate surface area is 139 Å². The summed E-state index contributed by atoms with van der Waals surface area (Å²) in [5.41, 5.74) is 0.720. The number of benzene rings is 1. The van der Waals surface area contributed by atoms with Crippen molar-refractivity contribution in [1.29, 1.82) is 0 Å². The molecule has 2 aliphatic heterocycles. The maximum Gasteiger partial charge on any atom is 0.315 e. The minimum absolute atomic E-state index is 0.0625. The molecule has 2 heterocycles. The fraction of sp³-hybridized carbons (Fsp3) is 0.500. The minimum atomic E-state index is -0.616. The monoisotopic (exact) mass is 335 g/mol. The van der Waals surface area contributed by atoms with Gasteiger partial charge >= 0.3 is 6.03 Å². The van der Waals surface area contributed by atoms with E-state index in [0.29, 0.717) is 31.3 Å². The number of nitrogens with one attached hydrogen (secondary N) is 2. The molecular weight excluding hydrogens is 314 g/mol. The molecule has 1 aromatic carbocycles. The molecule has 24 heavy (non-hydrogen) atoms. The Bertz CT molecular complexity index is 634. The van der Waals surface area contributed by atoms with Crippen LogP contribution in [0.1, 0.15) is 13.3 Å². The first kappa shape index (κ1) is 16.4. The molecule has 0 radical (unpaired) electrons. The first-order chi connectivity index (χ1) is 11.5. The van der Waals surface area contributed by atoms with Crippen LogP contribution in [-0.4, -0.2) is 55.5 Å². The second-order valence-electron chi connectivity index (χ2n) is 5.94. The van der Waals surface area contributed by atoms with Crippen molar-refractivity contribution in [2.45, 2.75) is 25.5 Å². The Kier molecular flexibility index (Phi) is 4.75. The van der Waals surface area contributed by atoms with Gasteiger partial charge in [-0.2, -0.15) is 0 Å². The van der Waals surface area contributed by atoms with Crippen LogP contribution in [0.25, 0.3) is 0 Å². The number of nitrogens with zero attached hydrogens (tertiary/aromatic N) is 1. The number of aliphatic hydroxyl groups excluding tert-OH is 1. The highest BCUT2D eigenvalue weighted by atomic mass is 16.6. The van der Waals surface area contributed by atoms with Gasteiger partial charge < -0.3 is 30.1 Å². The number of anilines is 1. The van der Waals surface area contributed by atoms with E-state index in [1.54, 1.807) is 30.0 Å². The summed E-state index contributed by atoms with van der Waals surface area (Å²) >= 11 is 0. The van der Waals surface area contributed by atoms with Crippen LogP contribution >= 0.6 is 0 Å². The summed E-state index contributed by atoms with van der Waals surface area (Å²) in [7, 11) is 0. The molecule has 1 aromatic rings. The number of aliphatic hydroxyl groups is 1. The van der Waals surface area contributed by atoms with Crippen LogP contribution < -0.4 is 25.0 Å². The van der Waals surface area contributed by atoms with E-state index in [1.807, 2.05) is 0 Å². The van der Waals surface area contributed by atoms with Gasteiger partial charge in [-0.05, 0) is 19.1 Å². The molecule has 130 valence electrons. The average Bonchev–Trinajstić information content (AvgIpc) is 2.92. The number of urea groups is 1. The van der Waals surface area contributed by atoms with Crippen LogP contribution in [0.15, 0.2) is 18.2 Å². The van der Waals surface area contributed by atoms with Gasteiger partial charge in [0.15, 0.2) is 11.5 Å². The number of carbonyl (C=O) groups is 2. The zero-order chi connectivity index (χ0) is 17.1. The SMILES string of the molecule is CC(O)CNC(=O)NC1CC(=O)N(c2ccc3c(c2)OCCO3)C1. The topological polar surface area (TPSA) is 100 Å². The molecule has 3 rings (SSSR count). The van der Waals surface area contributed by atoms with E-state index in [-0.39, 0.29) is 24.9 Å². The lowest BCUT2D eigenvalue weighted by Crippen LogP contribution is -2.45. The maximum absolute atomic E-state index is 12.2. The van der Waals surface area contributed by atoms with Crippen molar-refractivity contribution < 1.29 is 24.2 Å². The second kappa shape index (κ2) is 6.96. The van der Waals surface area contributed by atoms with Crippen molar-refractivity contribution in [3.05, 3.63) is 18.2 Å². The van der Waals surface area contributed by atoms with Gasteiger partial charge in [-0.3, -0.25) is 4.79 Å². The molecule has 2 aliphatic rings. The van der Waals surface area contributed by atoms with Crippen molar-refractivity contribution in [1.82, 2.24) is 10.6 Å². The molecule has 8 heteroatoms. The van der Waals surface area contributed by atoms with Gasteiger partial charge in [-0.1, -0.05) is 0 Å². The smallest absolute Gasteiger partial charge is 0.315 e. The molecule has 1 saturated heterocycles. The highest BCUT2D eigenvalue weighted by Gasteiger charge is 2.32. The van der Waals surface area contributed by atoms with E-state index < -0.39 is 12.1 Å². The standard InChI is InChI=1S/C16H21N3O5/c1-10(20)8-17-16(22)18-11-6-15(21)19(9-11)12-2-3-13-14(7-12)24-5-4-23-13/h2-3,7,10-11,20H,4-6,8-9H2,1H3,(H2,17,18,22). The molecule has 0 bridgehead atoms. The maximum atomic E-state index is 12.2. The Morgan fingerprint density at radius 3 is 2.88 bits per heavy atom. The number of carbonyl (C=O) groups excluding carboxylic acids is 2. The van der Waals surface area contributed by atoms with Gasteiger partial charge in [0.1, 0.15) is 13.2 Å². The van der Waals surface area contributed by atoms with E-state index >= 15 is 0 Å². The Hall–Kier alpha value is -2.48. The molecule has 0 spiro atoms. The van der Waals surface area contributed by atoms with Crippen molar-refractivity contribution >= 4 is 17.6 Å². The van der Waals surface area contributed by atoms with Crippen LogP contribution in [0.2, 0.25) is 0 Å². The van der Waals surface area contributed by atoms with Gasteiger partial charge in [-0.25, -0.2) is 4.79 Å². The van der Waals surface area contributed by atoms with Crippen molar-refractivity contribution in [3.8, 4) is 11.5 Å². The predicted octanol–water partition coefficient (Wildman–Crippen LogP) is 0.243. The van der Waals surface area contributed by atoms with E-state index in [0.717, 1.165) is 5.69 Å².